The van der Waals surface area contributed by atoms with Crippen LogP contribution in [0.5, 0.6) is 0 Å². The summed E-state index contributed by atoms with van der Waals surface area (Å²) in [6.07, 6.45) is 74.3. The normalized spacial score (nSPS) is 12.8. The van der Waals surface area contributed by atoms with Gasteiger partial charge in [-0.3, -0.25) is 9.59 Å². The molecule has 0 aromatic carbocycles. The van der Waals surface area contributed by atoms with Gasteiger partial charge in [0, 0.05) is 12.8 Å². The summed E-state index contributed by atoms with van der Waals surface area (Å²) >= 11 is 0. The Hall–Kier alpha value is -1.92. The lowest BCUT2D eigenvalue weighted by atomic mass is 10.0. The average Bonchev–Trinajstić information content (AvgIpc) is 3.36. The summed E-state index contributed by atoms with van der Waals surface area (Å²) < 4.78 is 5.46. The van der Waals surface area contributed by atoms with Crippen LogP contribution in [0.25, 0.3) is 0 Å². The third-order valence-corrected chi connectivity index (χ3v) is 14.4. The van der Waals surface area contributed by atoms with Crippen molar-refractivity contribution in [2.24, 2.45) is 0 Å². The molecule has 412 valence electrons. The highest BCUT2D eigenvalue weighted by Gasteiger charge is 2.20. The van der Waals surface area contributed by atoms with Crippen LogP contribution in [0, 0.1) is 0 Å². The number of carbonyl (C=O) groups is 2. The summed E-state index contributed by atoms with van der Waals surface area (Å²) in [6, 6.07) is -0.555. The highest BCUT2D eigenvalue weighted by molar-refractivity contribution is 5.76. The Labute approximate surface area is 436 Å². The lowest BCUT2D eigenvalue weighted by Crippen LogP contribution is -2.45. The maximum absolute atomic E-state index is 12.5. The number of allylic oxidation sites excluding steroid dienone is 6. The zero-order valence-corrected chi connectivity index (χ0v) is 47.0. The van der Waals surface area contributed by atoms with Gasteiger partial charge in [-0.15, -0.1) is 0 Å². The average molecular weight is 985 g/mol. The molecule has 0 aliphatic carbocycles. The molecule has 0 spiro atoms. The van der Waals surface area contributed by atoms with Gasteiger partial charge in [0.15, 0.2) is 0 Å². The molecule has 0 bridgehead atoms. The fourth-order valence-corrected chi connectivity index (χ4v) is 9.61. The van der Waals surface area contributed by atoms with Crippen LogP contribution in [0.2, 0.25) is 0 Å². The predicted molar refractivity (Wildman–Crippen MR) is 306 cm³/mol. The van der Waals surface area contributed by atoms with E-state index in [-0.39, 0.29) is 18.5 Å². The second-order valence-corrected chi connectivity index (χ2v) is 21.4. The minimum absolute atomic E-state index is 0.0184. The molecule has 2 unspecified atom stereocenters. The number of esters is 1. The number of ether oxygens (including phenoxy) is 1. The van der Waals surface area contributed by atoms with E-state index in [0.29, 0.717) is 25.9 Å². The summed E-state index contributed by atoms with van der Waals surface area (Å²) in [4.78, 5) is 24.6. The van der Waals surface area contributed by atoms with Crippen molar-refractivity contribution in [3.8, 4) is 0 Å². The third kappa shape index (κ3) is 55.4. The quantitative estimate of drug-likeness (QED) is 0.0321. The van der Waals surface area contributed by atoms with Gasteiger partial charge in [0.2, 0.25) is 5.91 Å². The summed E-state index contributed by atoms with van der Waals surface area (Å²) in [5, 5.41) is 23.3. The van der Waals surface area contributed by atoms with E-state index in [1.807, 2.05) is 0 Å². The number of aliphatic hydroxyl groups excluding tert-OH is 2. The molecule has 0 aromatic heterocycles. The van der Waals surface area contributed by atoms with Crippen molar-refractivity contribution in [1.29, 1.82) is 0 Å². The van der Waals surface area contributed by atoms with Crippen molar-refractivity contribution >= 4 is 11.9 Å². The van der Waals surface area contributed by atoms with Crippen LogP contribution in [0.4, 0.5) is 0 Å². The van der Waals surface area contributed by atoms with Gasteiger partial charge in [0.05, 0.1) is 25.4 Å². The van der Waals surface area contributed by atoms with Crippen molar-refractivity contribution in [2.75, 3.05) is 13.2 Å². The molecule has 6 nitrogen and oxygen atoms in total. The van der Waals surface area contributed by atoms with Gasteiger partial charge < -0.3 is 20.3 Å². The van der Waals surface area contributed by atoms with Crippen molar-refractivity contribution in [1.82, 2.24) is 5.32 Å². The second kappa shape index (κ2) is 59.6. The van der Waals surface area contributed by atoms with Gasteiger partial charge in [0.1, 0.15) is 0 Å². The summed E-state index contributed by atoms with van der Waals surface area (Å²) in [7, 11) is 0. The molecule has 0 saturated carbocycles. The second-order valence-electron chi connectivity index (χ2n) is 21.4. The highest BCUT2D eigenvalue weighted by atomic mass is 16.5. The molecule has 1 amide bonds. The molecule has 0 aromatic rings. The number of amides is 1. The zero-order valence-electron chi connectivity index (χ0n) is 47.0. The largest absolute Gasteiger partial charge is 0.466 e. The molecule has 0 saturated heterocycles. The van der Waals surface area contributed by atoms with Gasteiger partial charge in [-0.1, -0.05) is 269 Å². The molecule has 2 atom stereocenters. The summed E-state index contributed by atoms with van der Waals surface area (Å²) in [5.74, 6) is -0.0673. The molecular formula is C64H121NO5. The van der Waals surface area contributed by atoms with Crippen LogP contribution in [0.15, 0.2) is 36.5 Å². The Morgan fingerprint density at radius 3 is 1.10 bits per heavy atom. The van der Waals surface area contributed by atoms with E-state index < -0.39 is 12.1 Å². The van der Waals surface area contributed by atoms with E-state index in [9.17, 15) is 19.8 Å². The lowest BCUT2D eigenvalue weighted by Gasteiger charge is -2.22. The molecule has 0 rings (SSSR count). The van der Waals surface area contributed by atoms with Crippen LogP contribution in [-0.4, -0.2) is 47.4 Å². The van der Waals surface area contributed by atoms with E-state index in [1.165, 1.54) is 218 Å². The first kappa shape index (κ1) is 68.1. The maximum Gasteiger partial charge on any atom is 0.305 e. The van der Waals surface area contributed by atoms with Crippen LogP contribution >= 0.6 is 0 Å². The van der Waals surface area contributed by atoms with E-state index in [1.54, 1.807) is 0 Å². The molecule has 3 N–H and O–H groups in total. The smallest absolute Gasteiger partial charge is 0.305 e. The van der Waals surface area contributed by atoms with Gasteiger partial charge in [-0.2, -0.15) is 0 Å². The SMILES string of the molecule is CCCCCCCC/C=C\CCCCCCCCCC(=O)OCCCCC/C=C\C/C=C\CCCCCCCCCC(=O)NC(CO)C(O)CCCCCCCCCCCCCCCCCCCCC. The fraction of sp³-hybridized carbons (Fsp3) is 0.875. The Bertz CT molecular complexity index is 1130. The number of rotatable bonds is 58. The molecule has 0 aliphatic heterocycles. The van der Waals surface area contributed by atoms with Crippen LogP contribution in [0.3, 0.4) is 0 Å². The van der Waals surface area contributed by atoms with Crippen molar-refractivity contribution in [2.45, 2.75) is 347 Å². The van der Waals surface area contributed by atoms with E-state index in [0.717, 1.165) is 83.5 Å². The number of carbonyl (C=O) groups excluding carboxylic acids is 2. The van der Waals surface area contributed by atoms with Gasteiger partial charge in [-0.05, 0) is 89.9 Å². The number of nitrogens with one attached hydrogen (secondary N) is 1. The van der Waals surface area contributed by atoms with Crippen LogP contribution < -0.4 is 5.32 Å². The standard InChI is InChI=1S/C64H121NO5/c1-3-5-7-9-11-13-15-17-19-21-22-25-28-32-36-40-44-48-52-56-62(67)61(60-66)65-63(68)57-53-49-45-41-37-33-29-26-23-27-31-35-39-43-47-51-55-59-70-64(69)58-54-50-46-42-38-34-30-24-20-18-16-14-12-10-8-6-4-2/h18,20,23,27,35,39,61-62,66-67H,3-17,19,21-22,24-26,28-34,36-38,40-60H2,1-2H3,(H,65,68)/b20-18-,27-23-,39-35-. The number of hydrogen-bond donors (Lipinski definition) is 3. The first-order chi connectivity index (χ1) is 34.5. The number of hydrogen-bond acceptors (Lipinski definition) is 5. The minimum atomic E-state index is -0.676. The first-order valence-electron chi connectivity index (χ1n) is 31.2. The van der Waals surface area contributed by atoms with Crippen LogP contribution in [-0.2, 0) is 14.3 Å². The predicted octanol–water partition coefficient (Wildman–Crippen LogP) is 19.6. The Morgan fingerprint density at radius 2 is 0.714 bits per heavy atom. The Kier molecular flexibility index (Phi) is 58.0. The monoisotopic (exact) mass is 984 g/mol. The Balaban J connectivity index is 3.49. The summed E-state index contributed by atoms with van der Waals surface area (Å²) in [5.41, 5.74) is 0. The third-order valence-electron chi connectivity index (χ3n) is 14.4. The molecule has 70 heavy (non-hydrogen) atoms. The molecular weight excluding hydrogens is 863 g/mol. The molecule has 0 aliphatic rings. The molecule has 0 heterocycles. The maximum atomic E-state index is 12.5. The zero-order chi connectivity index (χ0) is 50.7. The highest BCUT2D eigenvalue weighted by Crippen LogP contribution is 2.17. The lowest BCUT2D eigenvalue weighted by molar-refractivity contribution is -0.143. The van der Waals surface area contributed by atoms with E-state index in [2.05, 4.69) is 55.6 Å². The van der Waals surface area contributed by atoms with E-state index in [4.69, 9.17) is 4.74 Å². The molecule has 6 heteroatoms. The van der Waals surface area contributed by atoms with Gasteiger partial charge in [0.25, 0.3) is 0 Å². The molecule has 0 fully saturated rings. The van der Waals surface area contributed by atoms with Crippen LogP contribution in [0.1, 0.15) is 335 Å². The minimum Gasteiger partial charge on any atom is -0.466 e. The number of unbranched alkanes of at least 4 members (excludes halogenated alkanes) is 41. The van der Waals surface area contributed by atoms with Gasteiger partial charge in [-0.25, -0.2) is 0 Å². The topological polar surface area (TPSA) is 95.9 Å². The van der Waals surface area contributed by atoms with Crippen molar-refractivity contribution in [3.05, 3.63) is 36.5 Å². The molecule has 0 radical (unpaired) electrons. The first-order valence-corrected chi connectivity index (χ1v) is 31.2. The van der Waals surface area contributed by atoms with Crippen molar-refractivity contribution < 1.29 is 24.5 Å². The van der Waals surface area contributed by atoms with Crippen molar-refractivity contribution in [3.63, 3.8) is 0 Å². The van der Waals surface area contributed by atoms with Gasteiger partial charge >= 0.3 is 5.97 Å². The van der Waals surface area contributed by atoms with E-state index >= 15 is 0 Å². The summed E-state index contributed by atoms with van der Waals surface area (Å²) in [6.45, 7) is 4.92. The Morgan fingerprint density at radius 1 is 0.400 bits per heavy atom. The fourth-order valence-electron chi connectivity index (χ4n) is 9.61. The number of aliphatic hydroxyl groups is 2.